The maximum Gasteiger partial charge on any atom is 0.263 e. The first-order chi connectivity index (χ1) is 5.43. The molecule has 1 saturated heterocycles. The van der Waals surface area contributed by atoms with E-state index in [1.165, 1.54) is 0 Å². The second-order valence-corrected chi connectivity index (χ2v) is 4.01. The summed E-state index contributed by atoms with van der Waals surface area (Å²) in [6, 6.07) is 0.239. The van der Waals surface area contributed by atoms with E-state index in [9.17, 15) is 8.78 Å². The van der Waals surface area contributed by atoms with Gasteiger partial charge in [0.1, 0.15) is 0 Å². The Labute approximate surface area is 72.7 Å². The van der Waals surface area contributed by atoms with Gasteiger partial charge in [-0.3, -0.25) is 4.90 Å². The third-order valence-electron chi connectivity index (χ3n) is 2.71. The van der Waals surface area contributed by atoms with Crippen LogP contribution in [0.4, 0.5) is 8.78 Å². The van der Waals surface area contributed by atoms with Crippen LogP contribution in [-0.2, 0) is 0 Å². The highest BCUT2D eigenvalue weighted by Gasteiger charge is 2.42. The summed E-state index contributed by atoms with van der Waals surface area (Å²) < 4.78 is 26.3. The van der Waals surface area contributed by atoms with Gasteiger partial charge in [-0.15, -0.1) is 0 Å². The molecular weight excluding hydrogens is 160 g/mol. The zero-order valence-electron chi connectivity index (χ0n) is 7.98. The average Bonchev–Trinajstić information content (AvgIpc) is 1.94. The normalized spacial score (nSPS) is 31.0. The van der Waals surface area contributed by atoms with Crippen LogP contribution in [0.1, 0.15) is 27.2 Å². The van der Waals surface area contributed by atoms with Crippen LogP contribution in [0.5, 0.6) is 0 Å². The van der Waals surface area contributed by atoms with Crippen LogP contribution in [0.3, 0.4) is 0 Å². The lowest BCUT2D eigenvalue weighted by atomic mass is 9.94. The summed E-state index contributed by atoms with van der Waals surface area (Å²) in [5, 5.41) is 0. The number of nitrogens with zero attached hydrogens (tertiary/aromatic N) is 1. The molecule has 1 fully saturated rings. The van der Waals surface area contributed by atoms with Crippen molar-refractivity contribution in [3.05, 3.63) is 0 Å². The molecule has 0 radical (unpaired) electrons. The van der Waals surface area contributed by atoms with Gasteiger partial charge in [-0.05, 0) is 26.8 Å². The molecule has 0 saturated carbocycles. The third-order valence-corrected chi connectivity index (χ3v) is 2.71. The van der Waals surface area contributed by atoms with E-state index in [2.05, 4.69) is 0 Å². The minimum Gasteiger partial charge on any atom is -0.295 e. The van der Waals surface area contributed by atoms with Crippen molar-refractivity contribution in [2.24, 2.45) is 5.92 Å². The molecule has 1 aliphatic rings. The lowest BCUT2D eigenvalue weighted by Gasteiger charge is -2.38. The van der Waals surface area contributed by atoms with Gasteiger partial charge >= 0.3 is 0 Å². The van der Waals surface area contributed by atoms with Crippen molar-refractivity contribution in [3.8, 4) is 0 Å². The summed E-state index contributed by atoms with van der Waals surface area (Å²) in [6.07, 6.45) is 0.616. The lowest BCUT2D eigenvalue weighted by molar-refractivity contribution is -0.110. The van der Waals surface area contributed by atoms with E-state index in [4.69, 9.17) is 0 Å². The number of halogens is 2. The van der Waals surface area contributed by atoms with Gasteiger partial charge < -0.3 is 0 Å². The standard InChI is InChI=1S/C9H17F2N/c1-7(2)12-5-4-8(3)9(10,11)6-12/h7-8H,4-6H2,1-3H3. The molecular formula is C9H17F2N. The number of hydrogen-bond donors (Lipinski definition) is 0. The molecule has 0 spiro atoms. The second-order valence-electron chi connectivity index (χ2n) is 4.01. The Kier molecular flexibility index (Phi) is 2.71. The highest BCUT2D eigenvalue weighted by atomic mass is 19.3. The Balaban J connectivity index is 2.57. The number of piperidine rings is 1. The molecule has 1 rings (SSSR count). The molecule has 0 aromatic heterocycles. The van der Waals surface area contributed by atoms with E-state index >= 15 is 0 Å². The van der Waals surface area contributed by atoms with Crippen molar-refractivity contribution in [1.82, 2.24) is 4.90 Å². The van der Waals surface area contributed by atoms with Crippen LogP contribution in [-0.4, -0.2) is 30.0 Å². The molecule has 1 atom stereocenters. The first-order valence-corrected chi connectivity index (χ1v) is 4.55. The molecule has 0 aliphatic carbocycles. The summed E-state index contributed by atoms with van der Waals surface area (Å²) in [6.45, 7) is 6.32. The Morgan fingerprint density at radius 3 is 2.42 bits per heavy atom. The predicted octanol–water partition coefficient (Wildman–Crippen LogP) is 2.37. The van der Waals surface area contributed by atoms with Gasteiger partial charge in [-0.1, -0.05) is 6.92 Å². The fourth-order valence-corrected chi connectivity index (χ4v) is 1.52. The summed E-state index contributed by atoms with van der Waals surface area (Å²) in [5.41, 5.74) is 0. The third kappa shape index (κ3) is 1.94. The Morgan fingerprint density at radius 1 is 1.42 bits per heavy atom. The first kappa shape index (κ1) is 9.90. The highest BCUT2D eigenvalue weighted by Crippen LogP contribution is 2.32. The predicted molar refractivity (Wildman–Crippen MR) is 45.4 cm³/mol. The minimum absolute atomic E-state index is 0.0637. The largest absolute Gasteiger partial charge is 0.295 e. The summed E-state index contributed by atoms with van der Waals surface area (Å²) >= 11 is 0. The zero-order chi connectivity index (χ0) is 9.35. The second kappa shape index (κ2) is 3.29. The number of alkyl halides is 2. The number of likely N-dealkylation sites (tertiary alicyclic amines) is 1. The zero-order valence-corrected chi connectivity index (χ0v) is 7.98. The van der Waals surface area contributed by atoms with Crippen LogP contribution in [0, 0.1) is 5.92 Å². The smallest absolute Gasteiger partial charge is 0.263 e. The van der Waals surface area contributed by atoms with Crippen LogP contribution >= 0.6 is 0 Å². The maximum atomic E-state index is 13.2. The fraction of sp³-hybridized carbons (Fsp3) is 1.00. The van der Waals surface area contributed by atoms with Gasteiger partial charge in [0.2, 0.25) is 0 Å². The van der Waals surface area contributed by atoms with Crippen molar-refractivity contribution < 1.29 is 8.78 Å². The summed E-state index contributed by atoms with van der Waals surface area (Å²) in [7, 11) is 0. The Morgan fingerprint density at radius 2 is 2.00 bits per heavy atom. The van der Waals surface area contributed by atoms with Gasteiger partial charge in [-0.25, -0.2) is 8.78 Å². The van der Waals surface area contributed by atoms with Gasteiger partial charge in [0.25, 0.3) is 5.92 Å². The molecule has 1 nitrogen and oxygen atoms in total. The van der Waals surface area contributed by atoms with Crippen molar-refractivity contribution in [3.63, 3.8) is 0 Å². The molecule has 72 valence electrons. The highest BCUT2D eigenvalue weighted by molar-refractivity contribution is 4.85. The molecule has 1 aliphatic heterocycles. The van der Waals surface area contributed by atoms with Gasteiger partial charge in [0.15, 0.2) is 0 Å². The van der Waals surface area contributed by atoms with E-state index in [1.54, 1.807) is 6.92 Å². The van der Waals surface area contributed by atoms with Crippen molar-refractivity contribution in [2.75, 3.05) is 13.1 Å². The van der Waals surface area contributed by atoms with Gasteiger partial charge in [-0.2, -0.15) is 0 Å². The Bertz CT molecular complexity index is 157. The molecule has 0 aromatic carbocycles. The molecule has 1 heterocycles. The van der Waals surface area contributed by atoms with E-state index < -0.39 is 11.8 Å². The SMILES string of the molecule is CC(C)N1CCC(C)C(F)(F)C1. The van der Waals surface area contributed by atoms with Crippen LogP contribution in [0.25, 0.3) is 0 Å². The summed E-state index contributed by atoms with van der Waals surface area (Å²) in [5.74, 6) is -2.94. The molecule has 1 unspecified atom stereocenters. The van der Waals surface area contributed by atoms with Crippen molar-refractivity contribution >= 4 is 0 Å². The quantitative estimate of drug-likeness (QED) is 0.594. The molecule has 0 aromatic rings. The molecule has 0 amide bonds. The fourth-order valence-electron chi connectivity index (χ4n) is 1.52. The average molecular weight is 177 g/mol. The van der Waals surface area contributed by atoms with E-state index in [-0.39, 0.29) is 12.6 Å². The van der Waals surface area contributed by atoms with Crippen molar-refractivity contribution in [2.45, 2.75) is 39.2 Å². The molecule has 0 N–H and O–H groups in total. The minimum atomic E-state index is -2.48. The first-order valence-electron chi connectivity index (χ1n) is 4.55. The lowest BCUT2D eigenvalue weighted by Crippen LogP contribution is -2.49. The summed E-state index contributed by atoms with van der Waals surface area (Å²) in [4.78, 5) is 1.85. The molecule has 0 bridgehead atoms. The maximum absolute atomic E-state index is 13.2. The van der Waals surface area contributed by atoms with Gasteiger partial charge in [0.05, 0.1) is 6.54 Å². The van der Waals surface area contributed by atoms with Crippen LogP contribution < -0.4 is 0 Å². The van der Waals surface area contributed by atoms with Crippen LogP contribution in [0.15, 0.2) is 0 Å². The molecule has 12 heavy (non-hydrogen) atoms. The van der Waals surface area contributed by atoms with E-state index in [0.717, 1.165) is 6.54 Å². The molecule has 3 heteroatoms. The number of hydrogen-bond acceptors (Lipinski definition) is 1. The van der Waals surface area contributed by atoms with Gasteiger partial charge in [0, 0.05) is 12.0 Å². The van der Waals surface area contributed by atoms with Crippen molar-refractivity contribution in [1.29, 1.82) is 0 Å². The number of rotatable bonds is 1. The van der Waals surface area contributed by atoms with E-state index in [0.29, 0.717) is 6.42 Å². The Hall–Kier alpha value is -0.180. The topological polar surface area (TPSA) is 3.24 Å². The monoisotopic (exact) mass is 177 g/mol. The van der Waals surface area contributed by atoms with Crippen LogP contribution in [0.2, 0.25) is 0 Å². The van der Waals surface area contributed by atoms with E-state index in [1.807, 2.05) is 18.7 Å².